The predicted molar refractivity (Wildman–Crippen MR) is 70.2 cm³/mol. The van der Waals surface area contributed by atoms with E-state index in [1.54, 1.807) is 18.3 Å². The lowest BCUT2D eigenvalue weighted by Crippen LogP contribution is -1.92. The quantitative estimate of drug-likeness (QED) is 0.584. The second kappa shape index (κ2) is 5.22. The molecule has 0 saturated heterocycles. The van der Waals surface area contributed by atoms with E-state index in [2.05, 4.69) is 9.97 Å². The standard InChI is InChI=1S/C11H6ClF2IN2/c12-9-8(15)5-16-11(17-9)7-3-1-6(2-4-7)10(13)14/h1-5,10H. The van der Waals surface area contributed by atoms with E-state index in [1.807, 2.05) is 22.6 Å². The molecule has 0 aliphatic heterocycles. The number of aromatic nitrogens is 2. The smallest absolute Gasteiger partial charge is 0.235 e. The number of benzene rings is 1. The molecule has 0 aliphatic carbocycles. The fraction of sp³-hybridized carbons (Fsp3) is 0.0909. The molecular weight excluding hydrogens is 360 g/mol. The van der Waals surface area contributed by atoms with E-state index in [-0.39, 0.29) is 5.56 Å². The topological polar surface area (TPSA) is 25.8 Å². The van der Waals surface area contributed by atoms with Gasteiger partial charge in [-0.05, 0) is 22.6 Å². The van der Waals surface area contributed by atoms with Crippen molar-refractivity contribution in [1.82, 2.24) is 9.97 Å². The van der Waals surface area contributed by atoms with Crippen LogP contribution < -0.4 is 0 Å². The zero-order valence-corrected chi connectivity index (χ0v) is 11.3. The van der Waals surface area contributed by atoms with Gasteiger partial charge >= 0.3 is 0 Å². The van der Waals surface area contributed by atoms with Crippen molar-refractivity contribution in [3.05, 3.63) is 44.7 Å². The SMILES string of the molecule is FC(F)c1ccc(-c2ncc(I)c(Cl)n2)cc1. The number of hydrogen-bond acceptors (Lipinski definition) is 2. The number of hydrogen-bond donors (Lipinski definition) is 0. The molecule has 1 heterocycles. The summed E-state index contributed by atoms with van der Waals surface area (Å²) in [7, 11) is 0. The van der Waals surface area contributed by atoms with Crippen molar-refractivity contribution < 1.29 is 8.78 Å². The van der Waals surface area contributed by atoms with Gasteiger partial charge in [-0.2, -0.15) is 0 Å². The normalized spacial score (nSPS) is 10.9. The molecule has 0 unspecified atom stereocenters. The predicted octanol–water partition coefficient (Wildman–Crippen LogP) is 4.34. The zero-order chi connectivity index (χ0) is 12.4. The second-order valence-corrected chi connectivity index (χ2v) is 4.78. The minimum atomic E-state index is -2.47. The van der Waals surface area contributed by atoms with Crippen molar-refractivity contribution >= 4 is 34.2 Å². The van der Waals surface area contributed by atoms with E-state index >= 15 is 0 Å². The van der Waals surface area contributed by atoms with Crippen LogP contribution in [0.4, 0.5) is 8.78 Å². The number of nitrogens with zero attached hydrogens (tertiary/aromatic N) is 2. The highest BCUT2D eigenvalue weighted by molar-refractivity contribution is 14.1. The van der Waals surface area contributed by atoms with E-state index < -0.39 is 6.43 Å². The first-order chi connectivity index (χ1) is 8.08. The molecule has 2 nitrogen and oxygen atoms in total. The lowest BCUT2D eigenvalue weighted by molar-refractivity contribution is 0.151. The molecular formula is C11H6ClF2IN2. The molecule has 6 heteroatoms. The summed E-state index contributed by atoms with van der Waals surface area (Å²) in [6.45, 7) is 0. The van der Waals surface area contributed by atoms with Gasteiger partial charge in [0.1, 0.15) is 5.15 Å². The fourth-order valence-corrected chi connectivity index (χ4v) is 1.65. The van der Waals surface area contributed by atoms with E-state index in [0.717, 1.165) is 3.57 Å². The summed E-state index contributed by atoms with van der Waals surface area (Å²) < 4.78 is 25.5. The molecule has 2 aromatic rings. The first-order valence-corrected chi connectivity index (χ1v) is 6.10. The number of halogens is 4. The fourth-order valence-electron chi connectivity index (χ4n) is 1.26. The molecule has 2 rings (SSSR count). The van der Waals surface area contributed by atoms with E-state index in [9.17, 15) is 8.78 Å². The Morgan fingerprint density at radius 2 is 1.82 bits per heavy atom. The van der Waals surface area contributed by atoms with Crippen LogP contribution in [0.15, 0.2) is 30.5 Å². The molecule has 0 radical (unpaired) electrons. The molecule has 88 valence electrons. The maximum absolute atomic E-state index is 12.4. The summed E-state index contributed by atoms with van der Waals surface area (Å²) in [5, 5.41) is 0.355. The van der Waals surface area contributed by atoms with Gasteiger partial charge < -0.3 is 0 Å². The Hall–Kier alpha value is -0.820. The van der Waals surface area contributed by atoms with Crippen molar-refractivity contribution in [3.63, 3.8) is 0 Å². The van der Waals surface area contributed by atoms with Crippen molar-refractivity contribution in [2.24, 2.45) is 0 Å². The molecule has 0 aliphatic rings. The number of alkyl halides is 2. The third-order valence-electron chi connectivity index (χ3n) is 2.12. The highest BCUT2D eigenvalue weighted by Crippen LogP contribution is 2.24. The molecule has 0 bridgehead atoms. The van der Waals surface area contributed by atoms with Gasteiger partial charge in [-0.25, -0.2) is 18.7 Å². The third kappa shape index (κ3) is 2.90. The monoisotopic (exact) mass is 366 g/mol. The van der Waals surface area contributed by atoms with Crippen LogP contribution in [0, 0.1) is 3.57 Å². The van der Waals surface area contributed by atoms with Crippen molar-refractivity contribution in [2.75, 3.05) is 0 Å². The van der Waals surface area contributed by atoms with Crippen molar-refractivity contribution in [1.29, 1.82) is 0 Å². The molecule has 17 heavy (non-hydrogen) atoms. The number of rotatable bonds is 2. The lowest BCUT2D eigenvalue weighted by Gasteiger charge is -2.03. The Morgan fingerprint density at radius 1 is 1.18 bits per heavy atom. The summed E-state index contributed by atoms with van der Waals surface area (Å²) in [6.07, 6.45) is -0.878. The highest BCUT2D eigenvalue weighted by Gasteiger charge is 2.08. The minimum absolute atomic E-state index is 0.0228. The summed E-state index contributed by atoms with van der Waals surface area (Å²) >= 11 is 7.89. The van der Waals surface area contributed by atoms with Gasteiger partial charge in [0.25, 0.3) is 6.43 Å². The Bertz CT molecular complexity index is 531. The summed E-state index contributed by atoms with van der Waals surface area (Å²) in [5.41, 5.74) is 0.637. The van der Waals surface area contributed by atoms with Gasteiger partial charge in [-0.1, -0.05) is 35.9 Å². The average molecular weight is 367 g/mol. The minimum Gasteiger partial charge on any atom is -0.235 e. The Labute approximate surface area is 115 Å². The van der Waals surface area contributed by atoms with E-state index in [4.69, 9.17) is 11.6 Å². The van der Waals surface area contributed by atoms with Gasteiger partial charge in [0.15, 0.2) is 5.82 Å². The first kappa shape index (κ1) is 12.6. The second-order valence-electron chi connectivity index (χ2n) is 3.26. The van der Waals surface area contributed by atoms with Crippen LogP contribution in [-0.2, 0) is 0 Å². The lowest BCUT2D eigenvalue weighted by atomic mass is 10.1. The highest BCUT2D eigenvalue weighted by atomic mass is 127. The van der Waals surface area contributed by atoms with Gasteiger partial charge in [0.2, 0.25) is 0 Å². The van der Waals surface area contributed by atoms with Crippen LogP contribution in [-0.4, -0.2) is 9.97 Å². The van der Waals surface area contributed by atoms with Gasteiger partial charge in [0, 0.05) is 17.3 Å². The molecule has 0 fully saturated rings. The van der Waals surface area contributed by atoms with Gasteiger partial charge in [-0.3, -0.25) is 0 Å². The summed E-state index contributed by atoms with van der Waals surface area (Å²) in [5.74, 6) is 0.427. The van der Waals surface area contributed by atoms with Crippen molar-refractivity contribution in [3.8, 4) is 11.4 Å². The van der Waals surface area contributed by atoms with Gasteiger partial charge in [0.05, 0.1) is 3.57 Å². The van der Waals surface area contributed by atoms with Crippen LogP contribution in [0.1, 0.15) is 12.0 Å². The molecule has 0 saturated carbocycles. The maximum Gasteiger partial charge on any atom is 0.263 e. The molecule has 0 N–H and O–H groups in total. The van der Waals surface area contributed by atoms with E-state index in [1.165, 1.54) is 12.1 Å². The molecule has 0 atom stereocenters. The maximum atomic E-state index is 12.4. The van der Waals surface area contributed by atoms with Crippen LogP contribution in [0.2, 0.25) is 5.15 Å². The van der Waals surface area contributed by atoms with E-state index in [0.29, 0.717) is 16.5 Å². The Balaban J connectivity index is 2.36. The van der Waals surface area contributed by atoms with Crippen LogP contribution in [0.25, 0.3) is 11.4 Å². The zero-order valence-electron chi connectivity index (χ0n) is 8.37. The molecule has 1 aromatic heterocycles. The molecule has 0 amide bonds. The summed E-state index contributed by atoms with van der Waals surface area (Å²) in [4.78, 5) is 8.17. The van der Waals surface area contributed by atoms with Gasteiger partial charge in [-0.15, -0.1) is 0 Å². The Kier molecular flexibility index (Phi) is 3.88. The van der Waals surface area contributed by atoms with Crippen LogP contribution in [0.5, 0.6) is 0 Å². The summed E-state index contributed by atoms with van der Waals surface area (Å²) in [6, 6.07) is 5.82. The largest absolute Gasteiger partial charge is 0.263 e. The molecule has 1 aromatic carbocycles. The average Bonchev–Trinajstić information content (AvgIpc) is 2.33. The third-order valence-corrected chi connectivity index (χ3v) is 3.52. The Morgan fingerprint density at radius 3 is 2.35 bits per heavy atom. The molecule has 0 spiro atoms. The van der Waals surface area contributed by atoms with Crippen LogP contribution >= 0.6 is 34.2 Å². The first-order valence-electron chi connectivity index (χ1n) is 4.64. The van der Waals surface area contributed by atoms with Crippen molar-refractivity contribution in [2.45, 2.75) is 6.43 Å². The van der Waals surface area contributed by atoms with Crippen LogP contribution in [0.3, 0.4) is 0 Å².